The monoisotopic (exact) mass is 521 g/mol. The molecule has 0 aliphatic carbocycles. The fourth-order valence-electron chi connectivity index (χ4n) is 2.59. The molecule has 0 spiro atoms. The fourth-order valence-corrected chi connectivity index (χ4v) is 3.88. The number of ether oxygens (including phenoxy) is 1. The molecule has 0 aliphatic heterocycles. The Kier molecular flexibility index (Phi) is 7.82. The van der Waals surface area contributed by atoms with Gasteiger partial charge < -0.3 is 15.4 Å². The topological polar surface area (TPSA) is 63.2 Å². The molecule has 0 fully saturated rings. The molecule has 34 heavy (non-hydrogen) atoms. The number of urea groups is 1. The van der Waals surface area contributed by atoms with Gasteiger partial charge in [0.15, 0.2) is 0 Å². The molecule has 0 aliphatic rings. The Morgan fingerprint density at radius 3 is 2.29 bits per heavy atom. The lowest BCUT2D eigenvalue weighted by atomic mass is 10.2. The lowest BCUT2D eigenvalue weighted by Gasteiger charge is -2.13. The van der Waals surface area contributed by atoms with Crippen molar-refractivity contribution in [3.8, 4) is 5.75 Å². The molecule has 5 nitrogen and oxygen atoms in total. The molecule has 0 radical (unpaired) electrons. The highest BCUT2D eigenvalue weighted by molar-refractivity contribution is 7.98. The lowest BCUT2D eigenvalue weighted by molar-refractivity contribution is -0.274. The SMILES string of the molecule is O=C(Nc1ccc(OC(F)(F)F)cc1)Nc1ccccc1SCc1ncc(C(F)(F)F)cc1Cl. The molecule has 1 aromatic heterocycles. The molecular weight excluding hydrogens is 508 g/mol. The predicted octanol–water partition coefficient (Wildman–Crippen LogP) is 7.59. The van der Waals surface area contributed by atoms with E-state index in [1.54, 1.807) is 24.3 Å². The largest absolute Gasteiger partial charge is 0.573 e. The number of nitrogens with one attached hydrogen (secondary N) is 2. The average molecular weight is 522 g/mol. The maximum absolute atomic E-state index is 12.8. The Hall–Kier alpha value is -3.12. The van der Waals surface area contributed by atoms with Gasteiger partial charge >= 0.3 is 18.6 Å². The molecular formula is C21H14ClF6N3O2S. The summed E-state index contributed by atoms with van der Waals surface area (Å²) in [6, 6.07) is 11.3. The summed E-state index contributed by atoms with van der Waals surface area (Å²) in [6.07, 6.45) is -8.68. The van der Waals surface area contributed by atoms with Crippen LogP contribution in [0.25, 0.3) is 0 Å². The Morgan fingerprint density at radius 1 is 1.00 bits per heavy atom. The molecule has 0 atom stereocenters. The minimum atomic E-state index is -4.83. The minimum Gasteiger partial charge on any atom is -0.406 e. The van der Waals surface area contributed by atoms with E-state index in [2.05, 4.69) is 20.4 Å². The Balaban J connectivity index is 1.62. The van der Waals surface area contributed by atoms with Gasteiger partial charge in [0.2, 0.25) is 0 Å². The van der Waals surface area contributed by atoms with Crippen LogP contribution in [0.15, 0.2) is 65.7 Å². The van der Waals surface area contributed by atoms with E-state index in [1.165, 1.54) is 23.9 Å². The van der Waals surface area contributed by atoms with Crippen LogP contribution in [0.2, 0.25) is 5.02 Å². The van der Waals surface area contributed by atoms with Crippen molar-refractivity contribution in [2.75, 3.05) is 10.6 Å². The zero-order valence-electron chi connectivity index (χ0n) is 16.8. The Bertz CT molecular complexity index is 1160. The van der Waals surface area contributed by atoms with Crippen molar-refractivity contribution >= 4 is 40.8 Å². The van der Waals surface area contributed by atoms with Crippen molar-refractivity contribution in [1.82, 2.24) is 4.98 Å². The second-order valence-corrected chi connectivity index (χ2v) is 8.01. The van der Waals surface area contributed by atoms with Crippen LogP contribution in [-0.2, 0) is 11.9 Å². The van der Waals surface area contributed by atoms with Gasteiger partial charge in [0.05, 0.1) is 22.0 Å². The molecule has 2 amide bonds. The highest BCUT2D eigenvalue weighted by atomic mass is 35.5. The van der Waals surface area contributed by atoms with E-state index >= 15 is 0 Å². The number of benzene rings is 2. The van der Waals surface area contributed by atoms with Gasteiger partial charge in [-0.3, -0.25) is 4.98 Å². The first-order chi connectivity index (χ1) is 15.9. The summed E-state index contributed by atoms with van der Waals surface area (Å²) in [6.45, 7) is 0. The Labute approximate surface area is 198 Å². The van der Waals surface area contributed by atoms with Gasteiger partial charge in [-0.2, -0.15) is 13.2 Å². The van der Waals surface area contributed by atoms with E-state index in [4.69, 9.17) is 11.6 Å². The minimum absolute atomic E-state index is 0.136. The predicted molar refractivity (Wildman–Crippen MR) is 116 cm³/mol. The first-order valence-corrected chi connectivity index (χ1v) is 10.6. The third kappa shape index (κ3) is 7.45. The van der Waals surface area contributed by atoms with Gasteiger partial charge in [-0.15, -0.1) is 24.9 Å². The number of rotatable bonds is 6. The van der Waals surface area contributed by atoms with Crippen LogP contribution < -0.4 is 15.4 Å². The number of carbonyl (C=O) groups excluding carboxylic acids is 1. The van der Waals surface area contributed by atoms with Crippen LogP contribution in [0.3, 0.4) is 0 Å². The number of amides is 2. The molecule has 2 aromatic carbocycles. The van der Waals surface area contributed by atoms with Crippen molar-refractivity contribution < 1.29 is 35.9 Å². The summed E-state index contributed by atoms with van der Waals surface area (Å²) in [5.41, 5.74) is -0.106. The van der Waals surface area contributed by atoms with E-state index in [1.807, 2.05) is 0 Å². The number of aromatic nitrogens is 1. The smallest absolute Gasteiger partial charge is 0.406 e. The van der Waals surface area contributed by atoms with Gasteiger partial charge in [-0.1, -0.05) is 23.7 Å². The number of nitrogens with zero attached hydrogens (tertiary/aromatic N) is 1. The van der Waals surface area contributed by atoms with E-state index in [0.29, 0.717) is 16.8 Å². The fraction of sp³-hybridized carbons (Fsp3) is 0.143. The molecule has 0 unspecified atom stereocenters. The highest BCUT2D eigenvalue weighted by Gasteiger charge is 2.32. The maximum atomic E-state index is 12.8. The van der Waals surface area contributed by atoms with Crippen molar-refractivity contribution in [2.45, 2.75) is 23.2 Å². The van der Waals surface area contributed by atoms with Gasteiger partial charge in [0, 0.05) is 22.5 Å². The Morgan fingerprint density at radius 2 is 1.68 bits per heavy atom. The zero-order valence-corrected chi connectivity index (χ0v) is 18.4. The number of pyridine rings is 1. The van der Waals surface area contributed by atoms with Crippen molar-refractivity contribution in [3.05, 3.63) is 77.1 Å². The van der Waals surface area contributed by atoms with E-state index in [-0.39, 0.29) is 22.2 Å². The van der Waals surface area contributed by atoms with Gasteiger partial charge in [0.1, 0.15) is 5.75 Å². The maximum Gasteiger partial charge on any atom is 0.573 e. The molecule has 1 heterocycles. The van der Waals surface area contributed by atoms with Gasteiger partial charge in [0.25, 0.3) is 0 Å². The van der Waals surface area contributed by atoms with Gasteiger partial charge in [-0.25, -0.2) is 4.79 Å². The molecule has 180 valence electrons. The van der Waals surface area contributed by atoms with Crippen LogP contribution in [0.1, 0.15) is 11.3 Å². The second-order valence-electron chi connectivity index (χ2n) is 6.59. The molecule has 3 rings (SSSR count). The summed E-state index contributed by atoms with van der Waals surface area (Å²) >= 11 is 7.13. The van der Waals surface area contributed by atoms with Crippen LogP contribution >= 0.6 is 23.4 Å². The van der Waals surface area contributed by atoms with Crippen LogP contribution in [0, 0.1) is 0 Å². The van der Waals surface area contributed by atoms with E-state index in [0.717, 1.165) is 18.2 Å². The highest BCUT2D eigenvalue weighted by Crippen LogP contribution is 2.34. The van der Waals surface area contributed by atoms with Gasteiger partial charge in [-0.05, 0) is 42.5 Å². The van der Waals surface area contributed by atoms with Crippen molar-refractivity contribution in [1.29, 1.82) is 0 Å². The molecule has 2 N–H and O–H groups in total. The number of anilines is 2. The quantitative estimate of drug-likeness (QED) is 0.259. The summed E-state index contributed by atoms with van der Waals surface area (Å²) < 4.78 is 78.8. The molecule has 3 aromatic rings. The third-order valence-electron chi connectivity index (χ3n) is 4.09. The third-order valence-corrected chi connectivity index (χ3v) is 5.50. The second kappa shape index (κ2) is 10.4. The number of hydrogen-bond acceptors (Lipinski definition) is 4. The normalized spacial score (nSPS) is 11.7. The standard InChI is InChI=1S/C21H14ClF6N3O2S/c22-15-9-12(20(23,24)25)10-29-17(15)11-34-18-4-2-1-3-16(18)31-19(32)30-13-5-7-14(8-6-13)33-21(26,27)28/h1-10H,11H2,(H2,30,31,32). The summed E-state index contributed by atoms with van der Waals surface area (Å²) in [4.78, 5) is 16.7. The number of halogens is 7. The summed E-state index contributed by atoms with van der Waals surface area (Å²) in [5, 5.41) is 4.95. The average Bonchev–Trinajstić information content (AvgIpc) is 2.73. The van der Waals surface area contributed by atoms with E-state index in [9.17, 15) is 31.1 Å². The first-order valence-electron chi connectivity index (χ1n) is 9.28. The number of alkyl halides is 6. The number of hydrogen-bond donors (Lipinski definition) is 2. The molecule has 13 heteroatoms. The van der Waals surface area contributed by atoms with E-state index < -0.39 is 29.9 Å². The number of thioether (sulfide) groups is 1. The van der Waals surface area contributed by atoms with Crippen LogP contribution in [0.4, 0.5) is 42.5 Å². The van der Waals surface area contributed by atoms with Crippen LogP contribution in [0.5, 0.6) is 5.75 Å². The lowest BCUT2D eigenvalue weighted by Crippen LogP contribution is -2.20. The molecule has 0 saturated carbocycles. The first kappa shape index (κ1) is 25.5. The number of para-hydroxylation sites is 1. The van der Waals surface area contributed by atoms with Crippen LogP contribution in [-0.4, -0.2) is 17.4 Å². The van der Waals surface area contributed by atoms with Crippen molar-refractivity contribution in [3.63, 3.8) is 0 Å². The molecule has 0 bridgehead atoms. The summed E-state index contributed by atoms with van der Waals surface area (Å²) in [5.74, 6) is -0.298. The number of carbonyl (C=O) groups is 1. The zero-order chi connectivity index (χ0) is 24.9. The van der Waals surface area contributed by atoms with Crippen molar-refractivity contribution in [2.24, 2.45) is 0 Å². The molecule has 0 saturated heterocycles. The summed E-state index contributed by atoms with van der Waals surface area (Å²) in [7, 11) is 0.